The first-order chi connectivity index (χ1) is 11.7. The van der Waals surface area contributed by atoms with Crippen LogP contribution in [-0.4, -0.2) is 10.9 Å². The molecule has 1 aromatic heterocycles. The molecule has 0 saturated carbocycles. The number of fused-ring (bicyclic) bond motifs is 2. The van der Waals surface area contributed by atoms with Crippen molar-refractivity contribution in [2.24, 2.45) is 0 Å². The number of carbonyl (C=O) groups excluding carboxylic acids is 1. The van der Waals surface area contributed by atoms with Crippen molar-refractivity contribution in [3.8, 4) is 0 Å². The van der Waals surface area contributed by atoms with Crippen LogP contribution in [0, 0.1) is 0 Å². The summed E-state index contributed by atoms with van der Waals surface area (Å²) in [6.45, 7) is 2.12. The minimum atomic E-state index is -0.401. The zero-order chi connectivity index (χ0) is 16.7. The van der Waals surface area contributed by atoms with E-state index in [0.717, 1.165) is 28.6 Å². The highest BCUT2D eigenvalue weighted by Crippen LogP contribution is 2.31. The molecule has 2 aromatic carbocycles. The number of anilines is 1. The van der Waals surface area contributed by atoms with E-state index in [-0.39, 0.29) is 5.91 Å². The predicted molar refractivity (Wildman–Crippen MR) is 96.4 cm³/mol. The SMILES string of the molecule is CCc1ccc2nc(Cl)c([C@H]3NC(=O)c4ccccc4N3)cc2c1. The van der Waals surface area contributed by atoms with E-state index in [4.69, 9.17) is 11.6 Å². The highest BCUT2D eigenvalue weighted by molar-refractivity contribution is 6.30. The maximum atomic E-state index is 12.3. The van der Waals surface area contributed by atoms with E-state index in [1.54, 1.807) is 6.07 Å². The Labute approximate surface area is 144 Å². The van der Waals surface area contributed by atoms with E-state index < -0.39 is 6.17 Å². The zero-order valence-corrected chi connectivity index (χ0v) is 13.9. The number of rotatable bonds is 2. The fourth-order valence-corrected chi connectivity index (χ4v) is 3.26. The molecule has 0 fully saturated rings. The molecule has 1 atom stereocenters. The van der Waals surface area contributed by atoms with Crippen LogP contribution >= 0.6 is 11.6 Å². The molecule has 0 unspecified atom stereocenters. The average Bonchev–Trinajstić information content (AvgIpc) is 2.60. The third kappa shape index (κ3) is 2.49. The first kappa shape index (κ1) is 15.0. The van der Waals surface area contributed by atoms with Crippen LogP contribution in [0.2, 0.25) is 5.15 Å². The van der Waals surface area contributed by atoms with Crippen molar-refractivity contribution in [1.82, 2.24) is 10.3 Å². The number of benzene rings is 2. The fourth-order valence-electron chi connectivity index (χ4n) is 3.00. The fraction of sp³-hybridized carbons (Fsp3) is 0.158. The molecule has 1 amide bonds. The van der Waals surface area contributed by atoms with Gasteiger partial charge < -0.3 is 10.6 Å². The number of halogens is 1. The molecule has 1 aliphatic rings. The summed E-state index contributed by atoms with van der Waals surface area (Å²) < 4.78 is 0. The topological polar surface area (TPSA) is 54.0 Å². The Morgan fingerprint density at radius 3 is 2.79 bits per heavy atom. The van der Waals surface area contributed by atoms with Gasteiger partial charge in [0.15, 0.2) is 0 Å². The molecule has 0 spiro atoms. The largest absolute Gasteiger partial charge is 0.361 e. The van der Waals surface area contributed by atoms with E-state index in [2.05, 4.69) is 34.7 Å². The van der Waals surface area contributed by atoms with Crippen molar-refractivity contribution < 1.29 is 4.79 Å². The smallest absolute Gasteiger partial charge is 0.255 e. The number of aromatic nitrogens is 1. The molecule has 1 aliphatic heterocycles. The molecule has 0 aliphatic carbocycles. The molecule has 0 radical (unpaired) electrons. The molecule has 4 rings (SSSR count). The van der Waals surface area contributed by atoms with Crippen molar-refractivity contribution in [3.63, 3.8) is 0 Å². The van der Waals surface area contributed by atoms with Gasteiger partial charge in [-0.05, 0) is 42.3 Å². The van der Waals surface area contributed by atoms with Crippen LogP contribution in [0.1, 0.15) is 34.6 Å². The van der Waals surface area contributed by atoms with Gasteiger partial charge in [-0.2, -0.15) is 0 Å². The first-order valence-electron chi connectivity index (χ1n) is 7.91. The predicted octanol–water partition coefficient (Wildman–Crippen LogP) is 4.30. The number of nitrogens with zero attached hydrogens (tertiary/aromatic N) is 1. The first-order valence-corrected chi connectivity index (χ1v) is 8.29. The molecule has 2 heterocycles. The van der Waals surface area contributed by atoms with Gasteiger partial charge in [-0.25, -0.2) is 4.98 Å². The molecular formula is C19H16ClN3O. The van der Waals surface area contributed by atoms with Gasteiger partial charge in [-0.15, -0.1) is 0 Å². The third-order valence-electron chi connectivity index (χ3n) is 4.33. The Morgan fingerprint density at radius 2 is 1.96 bits per heavy atom. The van der Waals surface area contributed by atoms with Gasteiger partial charge in [0.2, 0.25) is 0 Å². The second-order valence-corrected chi connectivity index (χ2v) is 6.20. The number of para-hydroxylation sites is 1. The van der Waals surface area contributed by atoms with Crippen LogP contribution in [0.3, 0.4) is 0 Å². The molecule has 0 saturated heterocycles. The van der Waals surface area contributed by atoms with E-state index in [9.17, 15) is 4.79 Å². The maximum Gasteiger partial charge on any atom is 0.255 e. The number of hydrogen-bond donors (Lipinski definition) is 2. The molecule has 120 valence electrons. The van der Waals surface area contributed by atoms with Gasteiger partial charge in [-0.1, -0.05) is 36.7 Å². The number of nitrogens with one attached hydrogen (secondary N) is 2. The van der Waals surface area contributed by atoms with E-state index in [1.807, 2.05) is 30.3 Å². The lowest BCUT2D eigenvalue weighted by Crippen LogP contribution is -2.38. The van der Waals surface area contributed by atoms with Crippen LogP contribution < -0.4 is 10.6 Å². The molecule has 3 aromatic rings. The number of carbonyl (C=O) groups is 1. The summed E-state index contributed by atoms with van der Waals surface area (Å²) in [7, 11) is 0. The second kappa shape index (κ2) is 5.80. The summed E-state index contributed by atoms with van der Waals surface area (Å²) in [6, 6.07) is 15.6. The minimum absolute atomic E-state index is 0.118. The van der Waals surface area contributed by atoms with E-state index in [0.29, 0.717) is 10.7 Å². The molecule has 2 N–H and O–H groups in total. The number of pyridine rings is 1. The van der Waals surface area contributed by atoms with Crippen LogP contribution in [0.5, 0.6) is 0 Å². The lowest BCUT2D eigenvalue weighted by atomic mass is 10.0. The number of aryl methyl sites for hydroxylation is 1. The Hall–Kier alpha value is -2.59. The second-order valence-electron chi connectivity index (χ2n) is 5.85. The Kier molecular flexibility index (Phi) is 3.62. The number of hydrogen-bond acceptors (Lipinski definition) is 3. The third-order valence-corrected chi connectivity index (χ3v) is 4.63. The summed E-state index contributed by atoms with van der Waals surface area (Å²) in [6.07, 6.45) is 0.557. The monoisotopic (exact) mass is 337 g/mol. The highest BCUT2D eigenvalue weighted by Gasteiger charge is 2.26. The Bertz CT molecular complexity index is 954. The Morgan fingerprint density at radius 1 is 1.12 bits per heavy atom. The lowest BCUT2D eigenvalue weighted by molar-refractivity contribution is 0.0935. The standard InChI is InChI=1S/C19H16ClN3O/c1-2-11-7-8-15-12(9-11)10-14(17(20)21-15)18-22-16-6-4-3-5-13(16)19(24)23-18/h3-10,18,22H,2H2,1H3,(H,23,24)/t18-/m1/s1. The minimum Gasteiger partial charge on any atom is -0.361 e. The van der Waals surface area contributed by atoms with Crippen LogP contribution in [0.4, 0.5) is 5.69 Å². The highest BCUT2D eigenvalue weighted by atomic mass is 35.5. The summed E-state index contributed by atoms with van der Waals surface area (Å²) in [4.78, 5) is 16.8. The van der Waals surface area contributed by atoms with Crippen molar-refractivity contribution in [2.45, 2.75) is 19.5 Å². The van der Waals surface area contributed by atoms with Gasteiger partial charge in [0.05, 0.1) is 11.1 Å². The van der Waals surface area contributed by atoms with Crippen molar-refractivity contribution >= 4 is 34.1 Å². The quantitative estimate of drug-likeness (QED) is 0.685. The van der Waals surface area contributed by atoms with E-state index in [1.165, 1.54) is 5.56 Å². The van der Waals surface area contributed by atoms with Gasteiger partial charge in [0.1, 0.15) is 11.3 Å². The molecule has 4 nitrogen and oxygen atoms in total. The molecule has 5 heteroatoms. The summed E-state index contributed by atoms with van der Waals surface area (Å²) in [5, 5.41) is 7.68. The van der Waals surface area contributed by atoms with Gasteiger partial charge >= 0.3 is 0 Å². The Balaban J connectivity index is 1.79. The van der Waals surface area contributed by atoms with Crippen LogP contribution in [0.25, 0.3) is 10.9 Å². The van der Waals surface area contributed by atoms with E-state index >= 15 is 0 Å². The summed E-state index contributed by atoms with van der Waals surface area (Å²) in [5.41, 5.74) is 4.28. The van der Waals surface area contributed by atoms with Crippen molar-refractivity contribution in [1.29, 1.82) is 0 Å². The number of amides is 1. The van der Waals surface area contributed by atoms with Gasteiger partial charge in [0.25, 0.3) is 5.91 Å². The lowest BCUT2D eigenvalue weighted by Gasteiger charge is -2.28. The average molecular weight is 338 g/mol. The zero-order valence-electron chi connectivity index (χ0n) is 13.1. The van der Waals surface area contributed by atoms with Crippen LogP contribution in [0.15, 0.2) is 48.5 Å². The molecule has 0 bridgehead atoms. The van der Waals surface area contributed by atoms with Gasteiger partial charge in [-0.3, -0.25) is 4.79 Å². The van der Waals surface area contributed by atoms with Crippen molar-refractivity contribution in [3.05, 3.63) is 70.4 Å². The summed E-state index contributed by atoms with van der Waals surface area (Å²) >= 11 is 6.38. The maximum absolute atomic E-state index is 12.3. The molecular weight excluding hydrogens is 322 g/mol. The van der Waals surface area contributed by atoms with Crippen LogP contribution in [-0.2, 0) is 6.42 Å². The van der Waals surface area contributed by atoms with Gasteiger partial charge in [0, 0.05) is 16.6 Å². The summed E-state index contributed by atoms with van der Waals surface area (Å²) in [5.74, 6) is -0.118. The normalized spacial score (nSPS) is 16.4. The van der Waals surface area contributed by atoms with Crippen molar-refractivity contribution in [2.75, 3.05) is 5.32 Å². The molecule has 24 heavy (non-hydrogen) atoms.